The minimum absolute atomic E-state index is 0.203. The maximum atomic E-state index is 9.35. The van der Waals surface area contributed by atoms with Crippen LogP contribution < -0.4 is 0 Å². The molecule has 0 spiro atoms. The van der Waals surface area contributed by atoms with E-state index in [2.05, 4.69) is 48.5 Å². The highest BCUT2D eigenvalue weighted by Gasteiger charge is 2.41. The summed E-state index contributed by atoms with van der Waals surface area (Å²) in [5.74, 6) is 0. The van der Waals surface area contributed by atoms with Gasteiger partial charge in [0.25, 0.3) is 0 Å². The van der Waals surface area contributed by atoms with Crippen molar-refractivity contribution in [3.63, 3.8) is 0 Å². The van der Waals surface area contributed by atoms with Crippen LogP contribution in [0.3, 0.4) is 0 Å². The van der Waals surface area contributed by atoms with Crippen LogP contribution in [0.15, 0.2) is 54.6 Å². The van der Waals surface area contributed by atoms with Crippen molar-refractivity contribution in [3.05, 3.63) is 60.2 Å². The second kappa shape index (κ2) is 4.58. The summed E-state index contributed by atoms with van der Waals surface area (Å²) in [7, 11) is 0. The Morgan fingerprint density at radius 2 is 1.44 bits per heavy atom. The molecular weight excluding hydrogens is 220 g/mol. The molecule has 1 aliphatic carbocycles. The summed E-state index contributed by atoms with van der Waals surface area (Å²) in [5.41, 5.74) is 4.05. The lowest BCUT2D eigenvalue weighted by Crippen LogP contribution is -2.09. The molecule has 0 aromatic heterocycles. The molecule has 2 aromatic carbocycles. The van der Waals surface area contributed by atoms with Crippen molar-refractivity contribution in [3.8, 4) is 11.1 Å². The first-order valence-electron chi connectivity index (χ1n) is 6.57. The third-order valence-corrected chi connectivity index (χ3v) is 3.93. The van der Waals surface area contributed by atoms with Crippen LogP contribution in [0, 0.1) is 5.41 Å². The van der Waals surface area contributed by atoms with Crippen LogP contribution in [0.1, 0.15) is 18.4 Å². The van der Waals surface area contributed by atoms with Gasteiger partial charge in [0.1, 0.15) is 0 Å². The molecule has 18 heavy (non-hydrogen) atoms. The van der Waals surface area contributed by atoms with Crippen molar-refractivity contribution in [1.29, 1.82) is 0 Å². The average molecular weight is 238 g/mol. The van der Waals surface area contributed by atoms with E-state index in [4.69, 9.17) is 0 Å². The summed E-state index contributed by atoms with van der Waals surface area (Å²) in [4.78, 5) is 0. The minimum Gasteiger partial charge on any atom is -0.396 e. The minimum atomic E-state index is 0.203. The first kappa shape index (κ1) is 11.5. The normalized spacial score (nSPS) is 16.5. The number of hydrogen-bond donors (Lipinski definition) is 1. The first-order valence-corrected chi connectivity index (χ1v) is 6.57. The lowest BCUT2D eigenvalue weighted by molar-refractivity contribution is 0.211. The molecule has 0 bridgehead atoms. The maximum Gasteiger partial charge on any atom is 0.0490 e. The first-order chi connectivity index (χ1) is 8.81. The molecule has 0 aliphatic heterocycles. The molecule has 1 saturated carbocycles. The predicted molar refractivity (Wildman–Crippen MR) is 74.3 cm³/mol. The van der Waals surface area contributed by atoms with Crippen molar-refractivity contribution in [2.45, 2.75) is 19.3 Å². The van der Waals surface area contributed by atoms with Gasteiger partial charge in [-0.25, -0.2) is 0 Å². The molecule has 0 amide bonds. The third kappa shape index (κ3) is 2.32. The van der Waals surface area contributed by atoms with Crippen molar-refractivity contribution in [2.75, 3.05) is 6.61 Å². The van der Waals surface area contributed by atoms with Gasteiger partial charge in [-0.2, -0.15) is 0 Å². The Hall–Kier alpha value is -1.60. The number of benzene rings is 2. The van der Waals surface area contributed by atoms with Gasteiger partial charge in [0.15, 0.2) is 0 Å². The van der Waals surface area contributed by atoms with Gasteiger partial charge in [-0.3, -0.25) is 0 Å². The van der Waals surface area contributed by atoms with Crippen molar-refractivity contribution in [1.82, 2.24) is 0 Å². The molecule has 2 aromatic rings. The molecule has 1 fully saturated rings. The average Bonchev–Trinajstić information content (AvgIpc) is 3.21. The summed E-state index contributed by atoms with van der Waals surface area (Å²) in [6, 6.07) is 19.2. The van der Waals surface area contributed by atoms with Gasteiger partial charge in [0, 0.05) is 6.61 Å². The lowest BCUT2D eigenvalue weighted by Gasteiger charge is -2.11. The molecule has 92 valence electrons. The van der Waals surface area contributed by atoms with Crippen LogP contribution in [0.4, 0.5) is 0 Å². The summed E-state index contributed by atoms with van der Waals surface area (Å²) in [5, 5.41) is 9.35. The van der Waals surface area contributed by atoms with Gasteiger partial charge in [-0.15, -0.1) is 0 Å². The zero-order chi connectivity index (χ0) is 12.4. The van der Waals surface area contributed by atoms with Crippen molar-refractivity contribution in [2.24, 2.45) is 5.41 Å². The van der Waals surface area contributed by atoms with Crippen LogP contribution >= 0.6 is 0 Å². The molecule has 0 heterocycles. The van der Waals surface area contributed by atoms with E-state index in [1.807, 2.05) is 6.07 Å². The lowest BCUT2D eigenvalue weighted by atomic mass is 9.95. The summed E-state index contributed by atoms with van der Waals surface area (Å²) in [6.07, 6.45) is 3.35. The quantitative estimate of drug-likeness (QED) is 0.861. The van der Waals surface area contributed by atoms with Crippen LogP contribution in [0.5, 0.6) is 0 Å². The summed E-state index contributed by atoms with van der Waals surface area (Å²) < 4.78 is 0. The van der Waals surface area contributed by atoms with E-state index in [1.54, 1.807) is 0 Å². The number of aliphatic hydroxyl groups excluding tert-OH is 1. The van der Waals surface area contributed by atoms with Crippen LogP contribution in [-0.2, 0) is 6.42 Å². The van der Waals surface area contributed by atoms with E-state index < -0.39 is 0 Å². The van der Waals surface area contributed by atoms with Gasteiger partial charge in [-0.1, -0.05) is 54.6 Å². The number of hydrogen-bond acceptors (Lipinski definition) is 1. The summed E-state index contributed by atoms with van der Waals surface area (Å²) >= 11 is 0. The SMILES string of the molecule is OCC1(Cc2ccc(-c3ccccc3)cc2)CC1. The molecule has 3 rings (SSSR count). The van der Waals surface area contributed by atoms with Crippen LogP contribution in [-0.4, -0.2) is 11.7 Å². The molecule has 0 saturated heterocycles. The Labute approximate surface area is 108 Å². The number of rotatable bonds is 4. The standard InChI is InChI=1S/C17H18O/c18-13-17(10-11-17)12-14-6-8-16(9-7-14)15-4-2-1-3-5-15/h1-9,18H,10-13H2. The van der Waals surface area contributed by atoms with Gasteiger partial charge in [0.05, 0.1) is 0 Å². The van der Waals surface area contributed by atoms with Gasteiger partial charge < -0.3 is 5.11 Å². The molecule has 1 nitrogen and oxygen atoms in total. The molecule has 0 atom stereocenters. The van der Waals surface area contributed by atoms with Gasteiger partial charge in [0.2, 0.25) is 0 Å². The Kier molecular flexibility index (Phi) is 2.92. The zero-order valence-electron chi connectivity index (χ0n) is 10.5. The molecule has 0 radical (unpaired) electrons. The largest absolute Gasteiger partial charge is 0.396 e. The highest BCUT2D eigenvalue weighted by molar-refractivity contribution is 5.63. The van der Waals surface area contributed by atoms with Crippen molar-refractivity contribution >= 4 is 0 Å². The van der Waals surface area contributed by atoms with Crippen LogP contribution in [0.2, 0.25) is 0 Å². The van der Waals surface area contributed by atoms with Crippen molar-refractivity contribution < 1.29 is 5.11 Å². The summed E-state index contributed by atoms with van der Waals surface area (Å²) in [6.45, 7) is 0.327. The number of aliphatic hydroxyl groups is 1. The smallest absolute Gasteiger partial charge is 0.0490 e. The molecule has 1 heteroatoms. The van der Waals surface area contributed by atoms with Gasteiger partial charge >= 0.3 is 0 Å². The molecule has 1 N–H and O–H groups in total. The Morgan fingerprint density at radius 3 is 2.00 bits per heavy atom. The Bertz CT molecular complexity index is 509. The predicted octanol–water partition coefficient (Wildman–Crippen LogP) is 3.67. The Balaban J connectivity index is 1.77. The molecule has 1 aliphatic rings. The fraction of sp³-hybridized carbons (Fsp3) is 0.294. The Morgan fingerprint density at radius 1 is 0.833 bits per heavy atom. The van der Waals surface area contributed by atoms with E-state index in [0.717, 1.165) is 6.42 Å². The second-order valence-corrected chi connectivity index (χ2v) is 5.40. The maximum absolute atomic E-state index is 9.35. The van der Waals surface area contributed by atoms with E-state index in [0.29, 0.717) is 6.61 Å². The van der Waals surface area contributed by atoms with E-state index in [-0.39, 0.29) is 5.41 Å². The monoisotopic (exact) mass is 238 g/mol. The van der Waals surface area contributed by atoms with Crippen LogP contribution in [0.25, 0.3) is 11.1 Å². The third-order valence-electron chi connectivity index (χ3n) is 3.93. The topological polar surface area (TPSA) is 20.2 Å². The highest BCUT2D eigenvalue weighted by Crippen LogP contribution is 2.47. The highest BCUT2D eigenvalue weighted by atomic mass is 16.3. The van der Waals surface area contributed by atoms with E-state index in [9.17, 15) is 5.11 Å². The fourth-order valence-electron chi connectivity index (χ4n) is 2.45. The van der Waals surface area contributed by atoms with E-state index >= 15 is 0 Å². The van der Waals surface area contributed by atoms with Gasteiger partial charge in [-0.05, 0) is 41.4 Å². The zero-order valence-corrected chi connectivity index (χ0v) is 10.5. The molecular formula is C17H18O. The fourth-order valence-corrected chi connectivity index (χ4v) is 2.45. The van der Waals surface area contributed by atoms with E-state index in [1.165, 1.54) is 29.5 Å². The molecule has 0 unspecified atom stereocenters. The second-order valence-electron chi connectivity index (χ2n) is 5.40.